The zero-order chi connectivity index (χ0) is 18.1. The van der Waals surface area contributed by atoms with Gasteiger partial charge in [0.2, 0.25) is 11.8 Å². The van der Waals surface area contributed by atoms with Crippen LogP contribution >= 0.6 is 27.0 Å². The molecule has 0 radical (unpaired) electrons. The molecule has 26 heavy (non-hydrogen) atoms. The number of nitrogens with two attached hydrogens (primary N) is 2. The number of carbonyl (C=O) groups is 3. The number of hydrogen-bond donors (Lipinski definition) is 3. The standard InChI is InChI=1S/C18H33N3O3.2H2S/c1-12(2)10-14(17(20)23)11-16(22)15(8-5-9-19)21-18(24)13-6-3-4-7-13;;/h12-15H,3-11,19H2,1-2H3,(H2,20,23)(H,21,24);2*1H2/t14-,15+;;/m1../s1. The summed E-state index contributed by atoms with van der Waals surface area (Å²) >= 11 is 0. The molecule has 1 rings (SSSR count). The van der Waals surface area contributed by atoms with Crippen LogP contribution in [0.15, 0.2) is 0 Å². The highest BCUT2D eigenvalue weighted by atomic mass is 32.1. The quantitative estimate of drug-likeness (QED) is 0.484. The lowest BCUT2D eigenvalue weighted by atomic mass is 9.89. The highest BCUT2D eigenvalue weighted by molar-refractivity contribution is 7.59. The summed E-state index contributed by atoms with van der Waals surface area (Å²) < 4.78 is 0. The Morgan fingerprint density at radius 3 is 2.15 bits per heavy atom. The molecule has 1 saturated carbocycles. The van der Waals surface area contributed by atoms with E-state index in [2.05, 4.69) is 5.32 Å². The van der Waals surface area contributed by atoms with Gasteiger partial charge in [0.25, 0.3) is 0 Å². The highest BCUT2D eigenvalue weighted by Crippen LogP contribution is 2.25. The fraction of sp³-hybridized carbons (Fsp3) is 0.833. The van der Waals surface area contributed by atoms with Gasteiger partial charge in [-0.25, -0.2) is 0 Å². The number of primary amides is 1. The second-order valence-corrected chi connectivity index (χ2v) is 7.37. The average Bonchev–Trinajstić information content (AvgIpc) is 3.04. The van der Waals surface area contributed by atoms with Gasteiger partial charge >= 0.3 is 0 Å². The first-order valence-corrected chi connectivity index (χ1v) is 9.17. The normalized spacial score (nSPS) is 16.3. The lowest BCUT2D eigenvalue weighted by Crippen LogP contribution is -2.44. The Morgan fingerprint density at radius 1 is 1.12 bits per heavy atom. The number of amides is 2. The number of hydrogen-bond acceptors (Lipinski definition) is 4. The van der Waals surface area contributed by atoms with Crippen molar-refractivity contribution in [1.82, 2.24) is 5.32 Å². The van der Waals surface area contributed by atoms with Crippen LogP contribution in [0.5, 0.6) is 0 Å². The van der Waals surface area contributed by atoms with E-state index in [9.17, 15) is 14.4 Å². The fourth-order valence-electron chi connectivity index (χ4n) is 3.37. The van der Waals surface area contributed by atoms with Crippen molar-refractivity contribution >= 4 is 44.6 Å². The Hall–Kier alpha value is -0.730. The van der Waals surface area contributed by atoms with Gasteiger partial charge in [0.05, 0.1) is 6.04 Å². The lowest BCUT2D eigenvalue weighted by Gasteiger charge is -2.22. The molecular formula is C18H37N3O3S2. The molecule has 0 saturated heterocycles. The van der Waals surface area contributed by atoms with Gasteiger partial charge in [0.1, 0.15) is 0 Å². The minimum Gasteiger partial charge on any atom is -0.369 e. The molecule has 1 aliphatic rings. The Balaban J connectivity index is 0. The maximum Gasteiger partial charge on any atom is 0.223 e. The molecule has 0 heterocycles. The van der Waals surface area contributed by atoms with Gasteiger partial charge in [-0.2, -0.15) is 27.0 Å². The Morgan fingerprint density at radius 2 is 1.69 bits per heavy atom. The third-order valence-electron chi connectivity index (χ3n) is 4.73. The lowest BCUT2D eigenvalue weighted by molar-refractivity contribution is -0.132. The van der Waals surface area contributed by atoms with E-state index in [1.807, 2.05) is 13.8 Å². The zero-order valence-corrected chi connectivity index (χ0v) is 18.1. The maximum atomic E-state index is 12.6. The van der Waals surface area contributed by atoms with Gasteiger partial charge < -0.3 is 16.8 Å². The van der Waals surface area contributed by atoms with Crippen molar-refractivity contribution < 1.29 is 14.4 Å². The second kappa shape index (κ2) is 14.3. The van der Waals surface area contributed by atoms with Crippen molar-refractivity contribution in [3.63, 3.8) is 0 Å². The third kappa shape index (κ3) is 9.83. The van der Waals surface area contributed by atoms with E-state index in [0.717, 1.165) is 25.7 Å². The number of carbonyl (C=O) groups excluding carboxylic acids is 3. The highest BCUT2D eigenvalue weighted by Gasteiger charge is 2.29. The van der Waals surface area contributed by atoms with Gasteiger partial charge in [-0.05, 0) is 44.6 Å². The van der Waals surface area contributed by atoms with E-state index < -0.39 is 17.9 Å². The molecule has 1 fully saturated rings. The summed E-state index contributed by atoms with van der Waals surface area (Å²) in [7, 11) is 0. The molecule has 5 N–H and O–H groups in total. The molecule has 2 atom stereocenters. The molecule has 8 heteroatoms. The summed E-state index contributed by atoms with van der Waals surface area (Å²) in [5, 5.41) is 2.89. The van der Waals surface area contributed by atoms with Crippen molar-refractivity contribution in [1.29, 1.82) is 0 Å². The smallest absolute Gasteiger partial charge is 0.223 e. The number of nitrogens with one attached hydrogen (secondary N) is 1. The Bertz CT molecular complexity index is 441. The van der Waals surface area contributed by atoms with Gasteiger partial charge in [0.15, 0.2) is 5.78 Å². The fourth-order valence-corrected chi connectivity index (χ4v) is 3.37. The van der Waals surface area contributed by atoms with Crippen molar-refractivity contribution in [2.75, 3.05) is 6.54 Å². The summed E-state index contributed by atoms with van der Waals surface area (Å²) in [6.45, 7) is 4.46. The monoisotopic (exact) mass is 407 g/mol. The topological polar surface area (TPSA) is 115 Å². The van der Waals surface area contributed by atoms with Gasteiger partial charge in [-0.1, -0.05) is 26.7 Å². The predicted octanol–water partition coefficient (Wildman–Crippen LogP) is 1.73. The summed E-state index contributed by atoms with van der Waals surface area (Å²) in [6.07, 6.45) is 5.76. The van der Waals surface area contributed by atoms with E-state index in [1.54, 1.807) is 0 Å². The molecule has 0 spiro atoms. The summed E-state index contributed by atoms with van der Waals surface area (Å²) in [4.78, 5) is 36.6. The Labute approximate surface area is 171 Å². The first kappa shape index (κ1) is 27.5. The van der Waals surface area contributed by atoms with Crippen molar-refractivity contribution in [3.8, 4) is 0 Å². The molecule has 0 aromatic carbocycles. The average molecular weight is 408 g/mol. The zero-order valence-electron chi connectivity index (χ0n) is 16.1. The van der Waals surface area contributed by atoms with Gasteiger partial charge in [-0.15, -0.1) is 0 Å². The second-order valence-electron chi connectivity index (χ2n) is 7.37. The summed E-state index contributed by atoms with van der Waals surface area (Å²) in [5.74, 6) is -0.772. The minimum absolute atomic E-state index is 0. The van der Waals surface area contributed by atoms with Crippen LogP contribution < -0.4 is 16.8 Å². The molecule has 0 aliphatic heterocycles. The first-order valence-electron chi connectivity index (χ1n) is 9.17. The molecule has 0 unspecified atom stereocenters. The Kier molecular flexibility index (Phi) is 15.2. The molecule has 1 aliphatic carbocycles. The van der Waals surface area contributed by atoms with Crippen LogP contribution in [0.1, 0.15) is 65.2 Å². The third-order valence-corrected chi connectivity index (χ3v) is 4.73. The first-order chi connectivity index (χ1) is 11.3. The van der Waals surface area contributed by atoms with Gasteiger partial charge in [-0.3, -0.25) is 14.4 Å². The largest absolute Gasteiger partial charge is 0.369 e. The van der Waals surface area contributed by atoms with E-state index in [4.69, 9.17) is 11.5 Å². The van der Waals surface area contributed by atoms with Crippen LogP contribution in [0.3, 0.4) is 0 Å². The maximum absolute atomic E-state index is 12.6. The number of rotatable bonds is 11. The van der Waals surface area contributed by atoms with Crippen LogP contribution in [0, 0.1) is 17.8 Å². The molecule has 0 aromatic rings. The van der Waals surface area contributed by atoms with E-state index in [1.165, 1.54) is 0 Å². The number of Topliss-reactive ketones (excluding diaryl/α,β-unsaturated/α-hetero) is 1. The molecule has 154 valence electrons. The number of ketones is 1. The van der Waals surface area contributed by atoms with Crippen LogP contribution in [0.2, 0.25) is 0 Å². The molecule has 0 bridgehead atoms. The van der Waals surface area contributed by atoms with Crippen LogP contribution in [-0.2, 0) is 14.4 Å². The van der Waals surface area contributed by atoms with Crippen LogP contribution in [-0.4, -0.2) is 30.2 Å². The molecule has 6 nitrogen and oxygen atoms in total. The summed E-state index contributed by atoms with van der Waals surface area (Å²) in [6, 6.07) is -0.560. The van der Waals surface area contributed by atoms with Crippen molar-refractivity contribution in [2.45, 2.75) is 71.3 Å². The van der Waals surface area contributed by atoms with E-state index in [-0.39, 0.29) is 56.9 Å². The minimum atomic E-state index is -0.560. The SMILES string of the molecule is CC(C)C[C@H](CC(=O)[C@H](CCCN)NC(=O)C1CCCC1)C(N)=O.S.S. The van der Waals surface area contributed by atoms with Gasteiger partial charge in [0, 0.05) is 18.3 Å². The van der Waals surface area contributed by atoms with Crippen LogP contribution in [0.25, 0.3) is 0 Å². The van der Waals surface area contributed by atoms with E-state index in [0.29, 0.717) is 25.8 Å². The molecule has 2 amide bonds. The van der Waals surface area contributed by atoms with E-state index >= 15 is 0 Å². The molecule has 0 aromatic heterocycles. The van der Waals surface area contributed by atoms with Crippen molar-refractivity contribution in [2.24, 2.45) is 29.2 Å². The summed E-state index contributed by atoms with van der Waals surface area (Å²) in [5.41, 5.74) is 11.0. The molecular weight excluding hydrogens is 370 g/mol. The predicted molar refractivity (Wildman–Crippen MR) is 115 cm³/mol. The van der Waals surface area contributed by atoms with Crippen molar-refractivity contribution in [3.05, 3.63) is 0 Å². The van der Waals surface area contributed by atoms with Crippen LogP contribution in [0.4, 0.5) is 0 Å².